The van der Waals surface area contributed by atoms with Gasteiger partial charge in [0.25, 0.3) is 0 Å². The van der Waals surface area contributed by atoms with E-state index >= 15 is 0 Å². The summed E-state index contributed by atoms with van der Waals surface area (Å²) in [5.41, 5.74) is 1.82. The van der Waals surface area contributed by atoms with Crippen LogP contribution in [0.1, 0.15) is 35.3 Å². The maximum absolute atomic E-state index is 12.8. The molecule has 0 spiro atoms. The largest absolute Gasteiger partial charge is 0.340 e. The van der Waals surface area contributed by atoms with Crippen LogP contribution in [0.4, 0.5) is 10.9 Å². The lowest BCUT2D eigenvalue weighted by Crippen LogP contribution is -2.41. The lowest BCUT2D eigenvalue weighted by atomic mass is 9.97. The van der Waals surface area contributed by atoms with Crippen molar-refractivity contribution < 1.29 is 4.79 Å². The van der Waals surface area contributed by atoms with Crippen LogP contribution in [0.15, 0.2) is 18.5 Å². The van der Waals surface area contributed by atoms with Crippen molar-refractivity contribution in [3.8, 4) is 6.07 Å². The zero-order chi connectivity index (χ0) is 17.2. The van der Waals surface area contributed by atoms with E-state index in [0.717, 1.165) is 49.2 Å². The van der Waals surface area contributed by atoms with Crippen molar-refractivity contribution >= 4 is 28.2 Å². The predicted molar refractivity (Wildman–Crippen MR) is 96.7 cm³/mol. The number of nitrogens with one attached hydrogen (secondary N) is 1. The second kappa shape index (κ2) is 6.81. The van der Waals surface area contributed by atoms with Gasteiger partial charge < -0.3 is 10.2 Å². The first kappa shape index (κ1) is 16.0. The van der Waals surface area contributed by atoms with E-state index in [0.29, 0.717) is 18.1 Å². The third-order valence-corrected chi connectivity index (χ3v) is 6.10. The summed E-state index contributed by atoms with van der Waals surface area (Å²) in [6.45, 7) is 1.48. The van der Waals surface area contributed by atoms with Gasteiger partial charge in [0.2, 0.25) is 11.9 Å². The van der Waals surface area contributed by atoms with Gasteiger partial charge in [-0.1, -0.05) is 0 Å². The molecule has 4 rings (SSSR count). The fraction of sp³-hybridized carbons (Fsp3) is 0.444. The zero-order valence-corrected chi connectivity index (χ0v) is 14.7. The van der Waals surface area contributed by atoms with Crippen LogP contribution in [0, 0.1) is 17.2 Å². The maximum Gasteiger partial charge on any atom is 0.229 e. The van der Waals surface area contributed by atoms with E-state index in [1.807, 2.05) is 0 Å². The summed E-state index contributed by atoms with van der Waals surface area (Å²) in [7, 11) is 0. The molecule has 3 heterocycles. The average Bonchev–Trinajstić information content (AvgIpc) is 3.23. The van der Waals surface area contributed by atoms with E-state index in [1.165, 1.54) is 4.88 Å². The van der Waals surface area contributed by atoms with Crippen molar-refractivity contribution in [1.29, 1.82) is 5.26 Å². The summed E-state index contributed by atoms with van der Waals surface area (Å²) in [5.74, 6) is 0.561. The van der Waals surface area contributed by atoms with Crippen LogP contribution in [0.3, 0.4) is 0 Å². The molecular weight excluding hydrogens is 334 g/mol. The van der Waals surface area contributed by atoms with Crippen LogP contribution >= 0.6 is 11.3 Å². The molecule has 7 heteroatoms. The van der Waals surface area contributed by atoms with Gasteiger partial charge >= 0.3 is 0 Å². The highest BCUT2D eigenvalue weighted by Gasteiger charge is 2.29. The number of hydrogen-bond acceptors (Lipinski definition) is 6. The Morgan fingerprint density at radius 2 is 2.16 bits per heavy atom. The van der Waals surface area contributed by atoms with E-state index in [2.05, 4.69) is 26.3 Å². The standard InChI is InChI=1S/C18H19N5OS/c19-10-14-13-5-1-6-15(13)25-17(14)22-16(24)12-4-2-9-23(11-12)18-20-7-3-8-21-18/h3,7-8,12H,1-2,4-6,9,11H2,(H,22,24). The molecule has 1 aliphatic heterocycles. The molecule has 2 aromatic rings. The highest BCUT2D eigenvalue weighted by atomic mass is 32.1. The number of piperidine rings is 1. The number of fused-ring (bicyclic) bond motifs is 1. The second-order valence-electron chi connectivity index (χ2n) is 6.50. The molecule has 1 saturated heterocycles. The van der Waals surface area contributed by atoms with Crippen LogP contribution < -0.4 is 10.2 Å². The number of carbonyl (C=O) groups excluding carboxylic acids is 1. The normalized spacial score (nSPS) is 19.3. The number of rotatable bonds is 3. The average molecular weight is 353 g/mol. The molecule has 1 amide bonds. The van der Waals surface area contributed by atoms with Gasteiger partial charge in [-0.05, 0) is 43.7 Å². The third-order valence-electron chi connectivity index (χ3n) is 4.90. The summed E-state index contributed by atoms with van der Waals surface area (Å²) >= 11 is 1.57. The van der Waals surface area contributed by atoms with Gasteiger partial charge in [0.15, 0.2) is 0 Å². The monoisotopic (exact) mass is 353 g/mol. The van der Waals surface area contributed by atoms with Gasteiger partial charge in [-0.25, -0.2) is 9.97 Å². The van der Waals surface area contributed by atoms with Crippen molar-refractivity contribution in [2.24, 2.45) is 5.92 Å². The fourth-order valence-corrected chi connectivity index (χ4v) is 4.89. The van der Waals surface area contributed by atoms with E-state index in [4.69, 9.17) is 0 Å². The van der Waals surface area contributed by atoms with Gasteiger partial charge in [0.05, 0.1) is 11.5 Å². The second-order valence-corrected chi connectivity index (χ2v) is 7.60. The summed E-state index contributed by atoms with van der Waals surface area (Å²) < 4.78 is 0. The predicted octanol–water partition coefficient (Wildman–Crippen LogP) is 2.75. The van der Waals surface area contributed by atoms with Crippen LogP contribution in [-0.4, -0.2) is 29.0 Å². The Bertz CT molecular complexity index is 826. The molecule has 1 fully saturated rings. The smallest absolute Gasteiger partial charge is 0.229 e. The van der Waals surface area contributed by atoms with Gasteiger partial charge in [-0.15, -0.1) is 11.3 Å². The van der Waals surface area contributed by atoms with Crippen LogP contribution in [0.5, 0.6) is 0 Å². The highest BCUT2D eigenvalue weighted by molar-refractivity contribution is 7.16. The van der Waals surface area contributed by atoms with Crippen LogP contribution in [0.25, 0.3) is 0 Å². The molecule has 1 unspecified atom stereocenters. The minimum absolute atomic E-state index is 0.00273. The topological polar surface area (TPSA) is 81.9 Å². The molecular formula is C18H19N5OS. The van der Waals surface area contributed by atoms with Gasteiger partial charge in [0.1, 0.15) is 11.1 Å². The number of nitrogens with zero attached hydrogens (tertiary/aromatic N) is 4. The number of aromatic nitrogens is 2. The highest BCUT2D eigenvalue weighted by Crippen LogP contribution is 2.39. The Balaban J connectivity index is 1.47. The van der Waals surface area contributed by atoms with Gasteiger partial charge in [-0.3, -0.25) is 4.79 Å². The molecule has 25 heavy (non-hydrogen) atoms. The molecule has 1 atom stereocenters. The number of amides is 1. The summed E-state index contributed by atoms with van der Waals surface area (Å²) in [6.07, 6.45) is 8.31. The van der Waals surface area contributed by atoms with Gasteiger partial charge in [-0.2, -0.15) is 5.26 Å². The number of nitriles is 1. The quantitative estimate of drug-likeness (QED) is 0.917. The zero-order valence-electron chi connectivity index (χ0n) is 13.9. The number of carbonyl (C=O) groups is 1. The third kappa shape index (κ3) is 3.10. The lowest BCUT2D eigenvalue weighted by molar-refractivity contribution is -0.120. The molecule has 0 saturated carbocycles. The number of thiophene rings is 1. The van der Waals surface area contributed by atoms with Crippen molar-refractivity contribution in [1.82, 2.24) is 9.97 Å². The van der Waals surface area contributed by atoms with E-state index < -0.39 is 0 Å². The van der Waals surface area contributed by atoms with Crippen LogP contribution in [-0.2, 0) is 17.6 Å². The fourth-order valence-electron chi connectivity index (χ4n) is 3.65. The Morgan fingerprint density at radius 1 is 1.32 bits per heavy atom. The SMILES string of the molecule is N#Cc1c(NC(=O)C2CCCN(c3ncccn3)C2)sc2c1CCC2. The summed E-state index contributed by atoms with van der Waals surface area (Å²) in [6, 6.07) is 4.07. The van der Waals surface area contributed by atoms with Crippen LogP contribution in [0.2, 0.25) is 0 Å². The Kier molecular flexibility index (Phi) is 4.36. The first-order chi connectivity index (χ1) is 12.3. The van der Waals surface area contributed by atoms with Crippen molar-refractivity contribution in [3.05, 3.63) is 34.5 Å². The maximum atomic E-state index is 12.8. The lowest BCUT2D eigenvalue weighted by Gasteiger charge is -2.31. The van der Waals surface area contributed by atoms with E-state index in [9.17, 15) is 10.1 Å². The number of aryl methyl sites for hydroxylation is 1. The minimum Gasteiger partial charge on any atom is -0.340 e. The van der Waals surface area contributed by atoms with Crippen molar-refractivity contribution in [2.75, 3.05) is 23.3 Å². The molecule has 1 aliphatic carbocycles. The van der Waals surface area contributed by atoms with Gasteiger partial charge in [0, 0.05) is 30.4 Å². The minimum atomic E-state index is -0.110. The first-order valence-electron chi connectivity index (χ1n) is 8.63. The number of hydrogen-bond donors (Lipinski definition) is 1. The Hall–Kier alpha value is -2.46. The Morgan fingerprint density at radius 3 is 2.96 bits per heavy atom. The molecule has 1 N–H and O–H groups in total. The Labute approximate surface area is 150 Å². The van der Waals surface area contributed by atoms with Crippen molar-refractivity contribution in [3.63, 3.8) is 0 Å². The molecule has 2 aliphatic rings. The molecule has 0 radical (unpaired) electrons. The molecule has 6 nitrogen and oxygen atoms in total. The summed E-state index contributed by atoms with van der Waals surface area (Å²) in [5, 5.41) is 13.2. The number of anilines is 2. The first-order valence-corrected chi connectivity index (χ1v) is 9.45. The van der Waals surface area contributed by atoms with Crippen molar-refractivity contribution in [2.45, 2.75) is 32.1 Å². The van der Waals surface area contributed by atoms with E-state index in [-0.39, 0.29) is 11.8 Å². The van der Waals surface area contributed by atoms with E-state index in [1.54, 1.807) is 29.8 Å². The molecule has 2 aromatic heterocycles. The molecule has 0 aromatic carbocycles. The summed E-state index contributed by atoms with van der Waals surface area (Å²) in [4.78, 5) is 24.6. The molecule has 128 valence electrons. The molecule has 0 bridgehead atoms.